The molecule has 1 heterocycles. The monoisotopic (exact) mass is 292 g/mol. The van der Waals surface area contributed by atoms with Crippen LogP contribution in [0.1, 0.15) is 0 Å². The van der Waals surface area contributed by atoms with Crippen LogP contribution in [-0.2, 0) is 21.6 Å². The minimum Gasteiger partial charge on any atom is -0.726 e. The first-order valence-corrected chi connectivity index (χ1v) is 6.35. The maximum absolute atomic E-state index is 11.1. The molecular formula is C10H16N2O6S. The van der Waals surface area contributed by atoms with Crippen LogP contribution in [-0.4, -0.2) is 45.2 Å². The number of rotatable bonds is 2. The summed E-state index contributed by atoms with van der Waals surface area (Å²) in [7, 11) is 1.55. The molecule has 0 aromatic carbocycles. The fourth-order valence-corrected chi connectivity index (χ4v) is 0.813. The van der Waals surface area contributed by atoms with E-state index in [4.69, 9.17) is 4.74 Å². The Bertz CT molecular complexity index is 515. The zero-order chi connectivity index (χ0) is 15.1. The van der Waals surface area contributed by atoms with E-state index in [2.05, 4.69) is 4.18 Å². The highest BCUT2D eigenvalue weighted by Gasteiger charge is 2.08. The number of nitrogens with zero attached hydrogens (tertiary/aromatic N) is 2. The number of carbonyl (C=O) groups is 1. The van der Waals surface area contributed by atoms with Gasteiger partial charge in [-0.25, -0.2) is 17.8 Å². The van der Waals surface area contributed by atoms with Gasteiger partial charge in [-0.15, -0.1) is 0 Å². The van der Waals surface area contributed by atoms with Crippen molar-refractivity contribution in [3.8, 4) is 5.75 Å². The number of hydrogen-bond donors (Lipinski definition) is 0. The predicted molar refractivity (Wildman–Crippen MR) is 64.0 cm³/mol. The van der Waals surface area contributed by atoms with Crippen molar-refractivity contribution in [1.82, 2.24) is 4.90 Å². The maximum Gasteiger partial charge on any atom is 0.414 e. The lowest BCUT2D eigenvalue weighted by Gasteiger charge is -2.09. The highest BCUT2D eigenvalue weighted by Crippen LogP contribution is 2.05. The number of carbonyl (C=O) groups excluding carboxylic acids is 1. The van der Waals surface area contributed by atoms with Crippen LogP contribution in [0.2, 0.25) is 0 Å². The van der Waals surface area contributed by atoms with Crippen LogP contribution >= 0.6 is 0 Å². The van der Waals surface area contributed by atoms with Gasteiger partial charge in [0.25, 0.3) is 0 Å². The van der Waals surface area contributed by atoms with Crippen molar-refractivity contribution in [2.45, 2.75) is 0 Å². The van der Waals surface area contributed by atoms with Gasteiger partial charge >= 0.3 is 6.09 Å². The van der Waals surface area contributed by atoms with Crippen LogP contribution in [0.5, 0.6) is 5.75 Å². The van der Waals surface area contributed by atoms with Crippen LogP contribution in [0.3, 0.4) is 0 Å². The van der Waals surface area contributed by atoms with Gasteiger partial charge < -0.3 is 14.2 Å². The molecule has 0 fully saturated rings. The van der Waals surface area contributed by atoms with Gasteiger partial charge in [0.05, 0.1) is 7.11 Å². The SMILES string of the molecule is CN(C)C(=O)Oc1ccc[n+](C)c1.COS(=O)(=O)[O-]. The van der Waals surface area contributed by atoms with Crippen LogP contribution in [0.25, 0.3) is 0 Å². The lowest BCUT2D eigenvalue weighted by atomic mass is 10.4. The van der Waals surface area contributed by atoms with Gasteiger partial charge in [0.2, 0.25) is 16.6 Å². The lowest BCUT2D eigenvalue weighted by molar-refractivity contribution is -0.671. The Morgan fingerprint density at radius 2 is 1.95 bits per heavy atom. The van der Waals surface area contributed by atoms with E-state index in [1.165, 1.54) is 4.90 Å². The summed E-state index contributed by atoms with van der Waals surface area (Å²) >= 11 is 0. The smallest absolute Gasteiger partial charge is 0.414 e. The zero-order valence-corrected chi connectivity index (χ0v) is 11.9. The van der Waals surface area contributed by atoms with E-state index in [1.807, 2.05) is 23.9 Å². The van der Waals surface area contributed by atoms with E-state index < -0.39 is 10.4 Å². The summed E-state index contributed by atoms with van der Waals surface area (Å²) in [6, 6.07) is 3.56. The van der Waals surface area contributed by atoms with E-state index in [9.17, 15) is 17.8 Å². The third kappa shape index (κ3) is 8.94. The summed E-state index contributed by atoms with van der Waals surface area (Å²) in [6.45, 7) is 0. The first-order valence-electron chi connectivity index (χ1n) is 5.01. The Labute approximate surface area is 112 Å². The third-order valence-electron chi connectivity index (χ3n) is 1.69. The molecular weight excluding hydrogens is 276 g/mol. The third-order valence-corrected chi connectivity index (χ3v) is 2.10. The fourth-order valence-electron chi connectivity index (χ4n) is 0.813. The molecule has 0 saturated heterocycles. The fraction of sp³-hybridized carbons (Fsp3) is 0.400. The second-order valence-electron chi connectivity index (χ2n) is 3.54. The van der Waals surface area contributed by atoms with Crippen molar-refractivity contribution in [3.05, 3.63) is 24.5 Å². The van der Waals surface area contributed by atoms with Gasteiger partial charge in [-0.1, -0.05) is 0 Å². The molecule has 108 valence electrons. The van der Waals surface area contributed by atoms with Crippen molar-refractivity contribution < 1.29 is 31.3 Å². The van der Waals surface area contributed by atoms with Crippen molar-refractivity contribution in [2.24, 2.45) is 7.05 Å². The molecule has 1 rings (SSSR count). The average Bonchev–Trinajstić information content (AvgIpc) is 2.28. The molecule has 0 unspecified atom stereocenters. The summed E-state index contributed by atoms with van der Waals surface area (Å²) < 4.78 is 37.9. The molecule has 0 saturated carbocycles. The molecule has 19 heavy (non-hydrogen) atoms. The Hall–Kier alpha value is -1.71. The summed E-state index contributed by atoms with van der Waals surface area (Å²) in [5.41, 5.74) is 0. The van der Waals surface area contributed by atoms with E-state index in [1.54, 1.807) is 26.4 Å². The highest BCUT2D eigenvalue weighted by atomic mass is 32.3. The molecule has 0 spiro atoms. The Morgan fingerprint density at radius 1 is 1.42 bits per heavy atom. The number of pyridine rings is 1. The summed E-state index contributed by atoms with van der Waals surface area (Å²) in [6.07, 6.45) is 3.24. The number of ether oxygens (including phenoxy) is 1. The van der Waals surface area contributed by atoms with Gasteiger partial charge in [0, 0.05) is 20.2 Å². The molecule has 0 N–H and O–H groups in total. The lowest BCUT2D eigenvalue weighted by Crippen LogP contribution is -2.29. The number of aromatic nitrogens is 1. The van der Waals surface area contributed by atoms with Gasteiger partial charge in [0.15, 0.2) is 11.9 Å². The topological polar surface area (TPSA) is 99.9 Å². The van der Waals surface area contributed by atoms with E-state index in [-0.39, 0.29) is 6.09 Å². The number of aryl methyl sites for hydroxylation is 1. The highest BCUT2D eigenvalue weighted by molar-refractivity contribution is 7.80. The molecule has 8 nitrogen and oxygen atoms in total. The van der Waals surface area contributed by atoms with Gasteiger partial charge in [-0.2, -0.15) is 0 Å². The first kappa shape index (κ1) is 17.3. The molecule has 0 atom stereocenters. The van der Waals surface area contributed by atoms with Gasteiger partial charge in [-0.3, -0.25) is 4.18 Å². The van der Waals surface area contributed by atoms with Crippen LogP contribution in [0.4, 0.5) is 4.79 Å². The largest absolute Gasteiger partial charge is 0.726 e. The molecule has 0 aliphatic carbocycles. The summed E-state index contributed by atoms with van der Waals surface area (Å²) in [4.78, 5) is 12.5. The molecule has 0 aliphatic heterocycles. The second-order valence-corrected chi connectivity index (χ2v) is 4.69. The standard InChI is InChI=1S/C9H13N2O2.CH4O4S/c1-10(2)9(12)13-8-5-4-6-11(3)7-8;1-5-6(2,3)4/h4-7H,1-3H3;1H3,(H,2,3,4)/q+1;/p-1. The zero-order valence-electron chi connectivity index (χ0n) is 11.1. The average molecular weight is 292 g/mol. The van der Waals surface area contributed by atoms with E-state index in [0.29, 0.717) is 5.75 Å². The van der Waals surface area contributed by atoms with E-state index in [0.717, 1.165) is 7.11 Å². The summed E-state index contributed by atoms with van der Waals surface area (Å²) in [5, 5.41) is 0. The Balaban J connectivity index is 0.000000459. The minimum absolute atomic E-state index is 0.369. The molecule has 0 aliphatic rings. The quantitative estimate of drug-likeness (QED) is 0.420. The molecule has 1 aromatic rings. The van der Waals surface area contributed by atoms with Crippen LogP contribution < -0.4 is 9.30 Å². The normalized spacial score (nSPS) is 10.2. The van der Waals surface area contributed by atoms with Crippen molar-refractivity contribution in [3.63, 3.8) is 0 Å². The van der Waals surface area contributed by atoms with E-state index >= 15 is 0 Å². The first-order chi connectivity index (χ1) is 8.65. The van der Waals surface area contributed by atoms with Crippen LogP contribution in [0.15, 0.2) is 24.5 Å². The van der Waals surface area contributed by atoms with Crippen molar-refractivity contribution in [2.75, 3.05) is 21.2 Å². The van der Waals surface area contributed by atoms with Crippen molar-refractivity contribution in [1.29, 1.82) is 0 Å². The predicted octanol–water partition coefficient (Wildman–Crippen LogP) is -0.335. The van der Waals surface area contributed by atoms with Gasteiger partial charge in [0.1, 0.15) is 7.05 Å². The van der Waals surface area contributed by atoms with Crippen molar-refractivity contribution >= 4 is 16.5 Å². The molecule has 1 amide bonds. The molecule has 9 heteroatoms. The molecule has 0 bridgehead atoms. The summed E-state index contributed by atoms with van der Waals surface area (Å²) in [5.74, 6) is 0.545. The number of amides is 1. The Kier molecular flexibility index (Phi) is 6.98. The van der Waals surface area contributed by atoms with Crippen LogP contribution in [0, 0.1) is 0 Å². The molecule has 1 aromatic heterocycles. The van der Waals surface area contributed by atoms with Gasteiger partial charge in [-0.05, 0) is 6.07 Å². The second kappa shape index (κ2) is 7.67. The Morgan fingerprint density at radius 3 is 2.32 bits per heavy atom. The molecule has 0 radical (unpaired) electrons. The minimum atomic E-state index is -4.41. The maximum atomic E-state index is 11.1. The number of hydrogen-bond acceptors (Lipinski definition) is 6.